The Balaban J connectivity index is 1.48. The molecule has 0 unspecified atom stereocenters. The highest BCUT2D eigenvalue weighted by molar-refractivity contribution is 5.46. The second-order valence-electron chi connectivity index (χ2n) is 6.78. The second kappa shape index (κ2) is 7.15. The van der Waals surface area contributed by atoms with Crippen LogP contribution in [0.3, 0.4) is 0 Å². The first-order valence-corrected chi connectivity index (χ1v) is 8.58. The molecular weight excluding hydrogens is 268 g/mol. The quantitative estimate of drug-likeness (QED) is 0.771. The van der Waals surface area contributed by atoms with E-state index in [0.717, 1.165) is 19.0 Å². The summed E-state index contributed by atoms with van der Waals surface area (Å²) in [6, 6.07) is 10.8. The van der Waals surface area contributed by atoms with Gasteiger partial charge >= 0.3 is 0 Å². The van der Waals surface area contributed by atoms with Gasteiger partial charge in [0, 0.05) is 38.4 Å². The van der Waals surface area contributed by atoms with E-state index < -0.39 is 0 Å². The topological polar surface area (TPSA) is 6.48 Å². The fraction of sp³-hybridized carbons (Fsp3) is 0.500. The number of hydrogen-bond acceptors (Lipinski definition) is 2. The lowest BCUT2D eigenvalue weighted by molar-refractivity contribution is 0.273. The zero-order valence-corrected chi connectivity index (χ0v) is 13.8. The average Bonchev–Trinajstić information content (AvgIpc) is 2.57. The van der Waals surface area contributed by atoms with Crippen LogP contribution in [-0.4, -0.2) is 37.6 Å². The molecule has 0 aromatic heterocycles. The molecule has 1 aromatic rings. The van der Waals surface area contributed by atoms with E-state index in [0.29, 0.717) is 0 Å². The standard InChI is InChI=1S/C20H28N2/c1-17(2)19-10-8-18(9-11-19)16-21-12-14-22(15-13-21)20-6-4-3-5-7-20/h3-8,19H,1,9-16H2,2H3/t19-/m1/s1. The van der Waals surface area contributed by atoms with Gasteiger partial charge < -0.3 is 4.90 Å². The third-order valence-corrected chi connectivity index (χ3v) is 5.12. The Bertz CT molecular complexity index is 524. The summed E-state index contributed by atoms with van der Waals surface area (Å²) in [5.74, 6) is 0.721. The summed E-state index contributed by atoms with van der Waals surface area (Å²) in [7, 11) is 0. The van der Waals surface area contributed by atoms with Gasteiger partial charge in [-0.1, -0.05) is 42.0 Å². The van der Waals surface area contributed by atoms with Gasteiger partial charge in [0.1, 0.15) is 0 Å². The summed E-state index contributed by atoms with van der Waals surface area (Å²) in [5, 5.41) is 0. The number of allylic oxidation sites excluding steroid dienone is 2. The van der Waals surface area contributed by atoms with E-state index in [9.17, 15) is 0 Å². The molecule has 3 rings (SSSR count). The fourth-order valence-electron chi connectivity index (χ4n) is 3.57. The predicted molar refractivity (Wildman–Crippen MR) is 95.3 cm³/mol. The Morgan fingerprint density at radius 1 is 1.14 bits per heavy atom. The summed E-state index contributed by atoms with van der Waals surface area (Å²) in [6.07, 6.45) is 6.24. The van der Waals surface area contributed by atoms with Crippen LogP contribution in [0.2, 0.25) is 0 Å². The van der Waals surface area contributed by atoms with Crippen molar-refractivity contribution in [3.8, 4) is 0 Å². The molecule has 1 saturated heterocycles. The Labute approximate surface area is 135 Å². The van der Waals surface area contributed by atoms with Crippen molar-refractivity contribution in [2.45, 2.75) is 26.2 Å². The summed E-state index contributed by atoms with van der Waals surface area (Å²) in [5.41, 5.74) is 4.36. The Morgan fingerprint density at radius 2 is 1.86 bits per heavy atom. The lowest BCUT2D eigenvalue weighted by atomic mass is 9.85. The average molecular weight is 296 g/mol. The van der Waals surface area contributed by atoms with Crippen molar-refractivity contribution < 1.29 is 0 Å². The van der Waals surface area contributed by atoms with E-state index in [1.807, 2.05) is 0 Å². The normalized spacial score (nSPS) is 23.2. The van der Waals surface area contributed by atoms with Gasteiger partial charge in [-0.2, -0.15) is 0 Å². The molecule has 1 aliphatic heterocycles. The predicted octanol–water partition coefficient (Wildman–Crippen LogP) is 4.11. The molecule has 2 aliphatic rings. The molecule has 0 amide bonds. The number of anilines is 1. The third-order valence-electron chi connectivity index (χ3n) is 5.12. The minimum atomic E-state index is 0.721. The molecule has 22 heavy (non-hydrogen) atoms. The summed E-state index contributed by atoms with van der Waals surface area (Å²) < 4.78 is 0. The number of rotatable bonds is 4. The van der Waals surface area contributed by atoms with E-state index in [2.05, 4.69) is 59.7 Å². The van der Waals surface area contributed by atoms with Crippen LogP contribution >= 0.6 is 0 Å². The number of benzene rings is 1. The highest BCUT2D eigenvalue weighted by Gasteiger charge is 2.20. The molecule has 0 spiro atoms. The lowest BCUT2D eigenvalue weighted by Gasteiger charge is -2.37. The van der Waals surface area contributed by atoms with Crippen molar-refractivity contribution in [2.75, 3.05) is 37.6 Å². The molecule has 0 saturated carbocycles. The van der Waals surface area contributed by atoms with Crippen LogP contribution < -0.4 is 4.90 Å². The second-order valence-corrected chi connectivity index (χ2v) is 6.78. The molecule has 0 bridgehead atoms. The van der Waals surface area contributed by atoms with Gasteiger partial charge in [0.2, 0.25) is 0 Å². The van der Waals surface area contributed by atoms with E-state index in [1.165, 1.54) is 50.2 Å². The SMILES string of the molecule is C=C(C)[C@@H]1CC=C(CN2CCN(c3ccccc3)CC2)CC1. The first-order valence-electron chi connectivity index (χ1n) is 8.58. The molecule has 1 atom stereocenters. The Hall–Kier alpha value is -1.54. The van der Waals surface area contributed by atoms with Crippen LogP contribution in [0.25, 0.3) is 0 Å². The van der Waals surface area contributed by atoms with Crippen LogP contribution in [0.4, 0.5) is 5.69 Å². The Morgan fingerprint density at radius 3 is 2.45 bits per heavy atom. The van der Waals surface area contributed by atoms with Crippen molar-refractivity contribution >= 4 is 5.69 Å². The molecular formula is C20H28N2. The van der Waals surface area contributed by atoms with E-state index in [-0.39, 0.29) is 0 Å². The maximum atomic E-state index is 4.11. The maximum absolute atomic E-state index is 4.11. The molecule has 2 nitrogen and oxygen atoms in total. The zero-order chi connectivity index (χ0) is 15.4. The summed E-state index contributed by atoms with van der Waals surface area (Å²) >= 11 is 0. The molecule has 1 aliphatic carbocycles. The highest BCUT2D eigenvalue weighted by atomic mass is 15.3. The van der Waals surface area contributed by atoms with Gasteiger partial charge in [-0.15, -0.1) is 0 Å². The van der Waals surface area contributed by atoms with E-state index in [1.54, 1.807) is 5.57 Å². The largest absolute Gasteiger partial charge is 0.369 e. The van der Waals surface area contributed by atoms with E-state index in [4.69, 9.17) is 0 Å². The zero-order valence-electron chi connectivity index (χ0n) is 13.8. The minimum Gasteiger partial charge on any atom is -0.369 e. The van der Waals surface area contributed by atoms with Crippen LogP contribution in [0.5, 0.6) is 0 Å². The lowest BCUT2D eigenvalue weighted by Crippen LogP contribution is -2.47. The van der Waals surface area contributed by atoms with Gasteiger partial charge in [0.25, 0.3) is 0 Å². The third kappa shape index (κ3) is 3.80. The van der Waals surface area contributed by atoms with Gasteiger partial charge in [0.15, 0.2) is 0 Å². The Kier molecular flexibility index (Phi) is 4.99. The molecule has 118 valence electrons. The van der Waals surface area contributed by atoms with Crippen LogP contribution in [0, 0.1) is 5.92 Å². The monoisotopic (exact) mass is 296 g/mol. The van der Waals surface area contributed by atoms with Crippen LogP contribution in [0.15, 0.2) is 54.1 Å². The number of nitrogens with zero attached hydrogens (tertiary/aromatic N) is 2. The smallest absolute Gasteiger partial charge is 0.0367 e. The molecule has 1 heterocycles. The van der Waals surface area contributed by atoms with Gasteiger partial charge in [-0.3, -0.25) is 4.90 Å². The van der Waals surface area contributed by atoms with Gasteiger partial charge in [-0.25, -0.2) is 0 Å². The fourth-order valence-corrected chi connectivity index (χ4v) is 3.57. The first-order chi connectivity index (χ1) is 10.7. The van der Waals surface area contributed by atoms with Crippen molar-refractivity contribution in [1.29, 1.82) is 0 Å². The molecule has 0 N–H and O–H groups in total. The number of para-hydroxylation sites is 1. The molecule has 1 fully saturated rings. The first kappa shape index (κ1) is 15.4. The van der Waals surface area contributed by atoms with Crippen molar-refractivity contribution in [2.24, 2.45) is 5.92 Å². The van der Waals surface area contributed by atoms with Crippen LogP contribution in [-0.2, 0) is 0 Å². The highest BCUT2D eigenvalue weighted by Crippen LogP contribution is 2.28. The van der Waals surface area contributed by atoms with Crippen molar-refractivity contribution in [3.05, 3.63) is 54.1 Å². The van der Waals surface area contributed by atoms with E-state index >= 15 is 0 Å². The summed E-state index contributed by atoms with van der Waals surface area (Å²) in [6.45, 7) is 12.1. The molecule has 2 heteroatoms. The molecule has 0 radical (unpaired) electrons. The minimum absolute atomic E-state index is 0.721. The summed E-state index contributed by atoms with van der Waals surface area (Å²) in [4.78, 5) is 5.12. The molecule has 1 aromatic carbocycles. The van der Waals surface area contributed by atoms with Crippen molar-refractivity contribution in [3.63, 3.8) is 0 Å². The van der Waals surface area contributed by atoms with Crippen LogP contribution in [0.1, 0.15) is 26.2 Å². The van der Waals surface area contributed by atoms with Gasteiger partial charge in [-0.05, 0) is 44.2 Å². The number of piperazine rings is 1. The van der Waals surface area contributed by atoms with Crippen molar-refractivity contribution in [1.82, 2.24) is 4.90 Å². The number of hydrogen-bond donors (Lipinski definition) is 0. The maximum Gasteiger partial charge on any atom is 0.0367 e. The van der Waals surface area contributed by atoms with Gasteiger partial charge in [0.05, 0.1) is 0 Å².